The first-order valence-corrected chi connectivity index (χ1v) is 12.2. The number of hydrogen-bond donors (Lipinski definition) is 2. The van der Waals surface area contributed by atoms with Crippen molar-refractivity contribution < 1.29 is 14.6 Å². The molecule has 0 aliphatic carbocycles. The molecule has 1 atom stereocenters. The summed E-state index contributed by atoms with van der Waals surface area (Å²) >= 11 is 6.45. The van der Waals surface area contributed by atoms with Crippen LogP contribution in [0.15, 0.2) is 55.0 Å². The van der Waals surface area contributed by atoms with Crippen molar-refractivity contribution in [2.45, 2.75) is 31.8 Å². The van der Waals surface area contributed by atoms with Gasteiger partial charge in [-0.2, -0.15) is 5.10 Å². The summed E-state index contributed by atoms with van der Waals surface area (Å²) in [6.07, 6.45) is 5.88. The van der Waals surface area contributed by atoms with E-state index in [0.717, 1.165) is 35.2 Å². The molecule has 9 nitrogen and oxygen atoms in total. The van der Waals surface area contributed by atoms with Crippen molar-refractivity contribution in [2.24, 2.45) is 0 Å². The number of carbonyl (C=O) groups is 1. The lowest BCUT2D eigenvalue weighted by atomic mass is 9.89. The van der Waals surface area contributed by atoms with Crippen molar-refractivity contribution in [1.29, 1.82) is 0 Å². The van der Waals surface area contributed by atoms with Gasteiger partial charge in [0.25, 0.3) is 5.91 Å². The van der Waals surface area contributed by atoms with Gasteiger partial charge < -0.3 is 20.1 Å². The Kier molecular flexibility index (Phi) is 6.75. The number of aliphatic hydroxyl groups excluding tert-OH is 1. The van der Waals surface area contributed by atoms with Crippen LogP contribution in [0.5, 0.6) is 5.75 Å². The number of amides is 1. The van der Waals surface area contributed by atoms with Gasteiger partial charge in [0.15, 0.2) is 0 Å². The first kappa shape index (κ1) is 24.0. The number of pyridine rings is 1. The SMILES string of the molecule is COc1cc(C2CCN(C(=O)[C@@H](C)O)CC2)ccc1Nc1ncc(Cl)c(-c2cnn3ccccc23)n1. The molecule has 186 valence electrons. The van der Waals surface area contributed by atoms with Crippen LogP contribution in [-0.4, -0.2) is 61.8 Å². The number of benzene rings is 1. The lowest BCUT2D eigenvalue weighted by Gasteiger charge is -2.33. The number of ether oxygens (including phenoxy) is 1. The number of nitrogens with one attached hydrogen (secondary N) is 1. The van der Waals surface area contributed by atoms with Gasteiger partial charge in [-0.3, -0.25) is 4.79 Å². The van der Waals surface area contributed by atoms with Gasteiger partial charge in [0, 0.05) is 24.8 Å². The van der Waals surface area contributed by atoms with Crippen molar-refractivity contribution >= 4 is 34.7 Å². The van der Waals surface area contributed by atoms with Crippen LogP contribution < -0.4 is 10.1 Å². The Labute approximate surface area is 213 Å². The molecule has 1 saturated heterocycles. The van der Waals surface area contributed by atoms with Crippen LogP contribution in [0.25, 0.3) is 16.8 Å². The molecule has 0 spiro atoms. The molecule has 2 N–H and O–H groups in total. The average Bonchev–Trinajstić information content (AvgIpc) is 3.33. The molecule has 0 radical (unpaired) electrons. The Morgan fingerprint density at radius 1 is 1.22 bits per heavy atom. The smallest absolute Gasteiger partial charge is 0.251 e. The molecule has 10 heteroatoms. The van der Waals surface area contributed by atoms with Crippen LogP contribution in [0.4, 0.5) is 11.6 Å². The molecule has 1 aliphatic rings. The second-order valence-electron chi connectivity index (χ2n) is 8.84. The largest absolute Gasteiger partial charge is 0.495 e. The minimum atomic E-state index is -0.963. The summed E-state index contributed by atoms with van der Waals surface area (Å²) in [7, 11) is 1.63. The summed E-state index contributed by atoms with van der Waals surface area (Å²) in [5, 5.41) is 17.6. The topological polar surface area (TPSA) is 105 Å². The zero-order valence-electron chi connectivity index (χ0n) is 20.1. The third kappa shape index (κ3) is 4.72. The highest BCUT2D eigenvalue weighted by Crippen LogP contribution is 2.36. The minimum absolute atomic E-state index is 0.211. The number of piperidine rings is 1. The van der Waals surface area contributed by atoms with Gasteiger partial charge >= 0.3 is 0 Å². The molecular formula is C26H27ClN6O3. The van der Waals surface area contributed by atoms with E-state index in [1.807, 2.05) is 36.5 Å². The van der Waals surface area contributed by atoms with E-state index in [2.05, 4.69) is 26.4 Å². The number of halogens is 1. The fraction of sp³-hybridized carbons (Fsp3) is 0.308. The molecule has 3 aromatic heterocycles. The zero-order valence-corrected chi connectivity index (χ0v) is 20.8. The summed E-state index contributed by atoms with van der Waals surface area (Å²) in [5.41, 5.74) is 4.17. The summed E-state index contributed by atoms with van der Waals surface area (Å²) in [6, 6.07) is 11.8. The number of carbonyl (C=O) groups excluding carboxylic acids is 1. The molecule has 4 heterocycles. The van der Waals surface area contributed by atoms with Gasteiger partial charge in [0.1, 0.15) is 11.9 Å². The molecule has 5 rings (SSSR count). The van der Waals surface area contributed by atoms with Crippen LogP contribution in [0.2, 0.25) is 5.02 Å². The van der Waals surface area contributed by atoms with Gasteiger partial charge in [0.05, 0.1) is 41.4 Å². The minimum Gasteiger partial charge on any atom is -0.495 e. The number of fused-ring (bicyclic) bond motifs is 1. The molecule has 0 bridgehead atoms. The first-order valence-electron chi connectivity index (χ1n) is 11.8. The van der Waals surface area contributed by atoms with Crippen LogP contribution in [-0.2, 0) is 4.79 Å². The van der Waals surface area contributed by atoms with Gasteiger partial charge in [-0.1, -0.05) is 23.7 Å². The maximum absolute atomic E-state index is 12.1. The van der Waals surface area contributed by atoms with Gasteiger partial charge in [0.2, 0.25) is 5.95 Å². The Morgan fingerprint density at radius 3 is 2.78 bits per heavy atom. The van der Waals surface area contributed by atoms with Crippen molar-refractivity contribution in [2.75, 3.05) is 25.5 Å². The predicted octanol–water partition coefficient (Wildman–Crippen LogP) is 4.28. The Hall–Kier alpha value is -3.69. The standard InChI is InChI=1S/C26H27ClN6O3/c1-16(34)25(35)32-11-8-17(9-12-32)18-6-7-21(23(13-18)36-2)30-26-28-15-20(27)24(31-26)19-14-29-33-10-4-3-5-22(19)33/h3-7,10,13-17,34H,8-9,11-12H2,1-2H3,(H,28,30,31)/t16-/m1/s1. The predicted molar refractivity (Wildman–Crippen MR) is 138 cm³/mol. The van der Waals surface area contributed by atoms with E-state index >= 15 is 0 Å². The number of likely N-dealkylation sites (tertiary alicyclic amines) is 1. The molecule has 1 aliphatic heterocycles. The lowest BCUT2D eigenvalue weighted by molar-refractivity contribution is -0.140. The molecule has 36 heavy (non-hydrogen) atoms. The Balaban J connectivity index is 1.35. The summed E-state index contributed by atoms with van der Waals surface area (Å²) in [4.78, 5) is 22.8. The van der Waals surface area contributed by atoms with Crippen LogP contribution in [0.3, 0.4) is 0 Å². The third-order valence-electron chi connectivity index (χ3n) is 6.53. The number of methoxy groups -OCH3 is 1. The monoisotopic (exact) mass is 506 g/mol. The van der Waals surface area contributed by atoms with Crippen LogP contribution in [0, 0.1) is 0 Å². The van der Waals surface area contributed by atoms with Crippen LogP contribution in [0.1, 0.15) is 31.2 Å². The average molecular weight is 507 g/mol. The van der Waals surface area contributed by atoms with Gasteiger partial charge in [-0.25, -0.2) is 14.5 Å². The zero-order chi connectivity index (χ0) is 25.2. The highest BCUT2D eigenvalue weighted by molar-refractivity contribution is 6.33. The second-order valence-corrected chi connectivity index (χ2v) is 9.25. The van der Waals surface area contributed by atoms with Gasteiger partial charge in [-0.15, -0.1) is 0 Å². The summed E-state index contributed by atoms with van der Waals surface area (Å²) in [6.45, 7) is 2.76. The number of nitrogens with zero attached hydrogens (tertiary/aromatic N) is 5. The maximum Gasteiger partial charge on any atom is 0.251 e. The highest BCUT2D eigenvalue weighted by atomic mass is 35.5. The highest BCUT2D eigenvalue weighted by Gasteiger charge is 2.26. The van der Waals surface area contributed by atoms with Crippen molar-refractivity contribution in [1.82, 2.24) is 24.5 Å². The quantitative estimate of drug-likeness (QED) is 0.402. The number of aromatic nitrogens is 4. The fourth-order valence-corrected chi connectivity index (χ4v) is 4.81. The molecular weight excluding hydrogens is 480 g/mol. The van der Waals surface area contributed by atoms with Crippen LogP contribution >= 0.6 is 11.6 Å². The first-order chi connectivity index (χ1) is 17.4. The van der Waals surface area contributed by atoms with Crippen molar-refractivity contribution in [3.05, 3.63) is 65.6 Å². The number of anilines is 2. The van der Waals surface area contributed by atoms with E-state index < -0.39 is 6.10 Å². The summed E-state index contributed by atoms with van der Waals surface area (Å²) < 4.78 is 7.44. The van der Waals surface area contributed by atoms with Crippen molar-refractivity contribution in [3.8, 4) is 17.0 Å². The molecule has 1 aromatic carbocycles. The Morgan fingerprint density at radius 2 is 2.03 bits per heavy atom. The third-order valence-corrected chi connectivity index (χ3v) is 6.81. The molecule has 1 amide bonds. The molecule has 0 unspecified atom stereocenters. The summed E-state index contributed by atoms with van der Waals surface area (Å²) in [5.74, 6) is 1.16. The van der Waals surface area contributed by atoms with E-state index in [4.69, 9.17) is 16.3 Å². The van der Waals surface area contributed by atoms with E-state index in [0.29, 0.717) is 41.4 Å². The Bertz CT molecular complexity index is 1400. The fourth-order valence-electron chi connectivity index (χ4n) is 4.62. The number of rotatable bonds is 6. The lowest BCUT2D eigenvalue weighted by Crippen LogP contribution is -2.42. The maximum atomic E-state index is 12.1. The van der Waals surface area contributed by atoms with E-state index in [1.165, 1.54) is 6.92 Å². The molecule has 4 aromatic rings. The van der Waals surface area contributed by atoms with Gasteiger partial charge in [-0.05, 0) is 55.5 Å². The molecule has 0 saturated carbocycles. The normalized spacial score (nSPS) is 15.2. The second kappa shape index (κ2) is 10.1. The van der Waals surface area contributed by atoms with E-state index in [1.54, 1.807) is 28.9 Å². The number of aliphatic hydroxyl groups is 1. The van der Waals surface area contributed by atoms with Crippen molar-refractivity contribution in [3.63, 3.8) is 0 Å². The number of hydrogen-bond acceptors (Lipinski definition) is 7. The van der Waals surface area contributed by atoms with E-state index in [-0.39, 0.29) is 5.91 Å². The molecule has 1 fully saturated rings. The van der Waals surface area contributed by atoms with E-state index in [9.17, 15) is 9.90 Å².